The quantitative estimate of drug-likeness (QED) is 0.710. The summed E-state index contributed by atoms with van der Waals surface area (Å²) in [6, 6.07) is 12.0. The molecule has 0 radical (unpaired) electrons. The number of carbonyl (C=O) groups excluding carboxylic acids is 1. The van der Waals surface area contributed by atoms with E-state index >= 15 is 0 Å². The van der Waals surface area contributed by atoms with E-state index in [4.69, 9.17) is 0 Å². The molecule has 0 aliphatic carbocycles. The molecule has 1 atom stereocenters. The molecule has 1 aromatic heterocycles. The van der Waals surface area contributed by atoms with Crippen molar-refractivity contribution < 1.29 is 4.79 Å². The van der Waals surface area contributed by atoms with E-state index < -0.39 is 0 Å². The number of rotatable bonds is 7. The molecule has 0 aliphatic rings. The highest BCUT2D eigenvalue weighted by molar-refractivity contribution is 5.97. The monoisotopic (exact) mass is 284 g/mol. The Kier molecular flexibility index (Phi) is 5.32. The van der Waals surface area contributed by atoms with E-state index in [9.17, 15) is 4.79 Å². The second-order valence-corrected chi connectivity index (χ2v) is 5.59. The minimum atomic E-state index is -0.0440. The van der Waals surface area contributed by atoms with Gasteiger partial charge in [-0.2, -0.15) is 5.10 Å². The molecule has 0 fully saturated rings. The van der Waals surface area contributed by atoms with Crippen LogP contribution in [0.2, 0.25) is 0 Å². The molecule has 3 heteroatoms. The summed E-state index contributed by atoms with van der Waals surface area (Å²) >= 11 is 0. The average molecular weight is 284 g/mol. The first-order valence-electron chi connectivity index (χ1n) is 7.79. The van der Waals surface area contributed by atoms with Gasteiger partial charge >= 0.3 is 0 Å². The summed E-state index contributed by atoms with van der Waals surface area (Å²) in [4.78, 5) is 12.4. The molecule has 0 amide bonds. The third-order valence-corrected chi connectivity index (χ3v) is 4.00. The first-order valence-corrected chi connectivity index (χ1v) is 7.79. The van der Waals surface area contributed by atoms with Crippen molar-refractivity contribution in [2.24, 2.45) is 5.92 Å². The number of Topliss-reactive ketones (excluding diaryl/α,β-unsaturated/α-hetero) is 1. The minimum absolute atomic E-state index is 0.0440. The van der Waals surface area contributed by atoms with E-state index in [1.54, 1.807) is 0 Å². The van der Waals surface area contributed by atoms with Gasteiger partial charge in [0, 0.05) is 24.1 Å². The third kappa shape index (κ3) is 3.81. The lowest BCUT2D eigenvalue weighted by Crippen LogP contribution is -2.15. The van der Waals surface area contributed by atoms with Gasteiger partial charge in [-0.05, 0) is 18.9 Å². The number of hydrogen-bond acceptors (Lipinski definition) is 2. The number of benzene rings is 1. The maximum atomic E-state index is 12.4. The summed E-state index contributed by atoms with van der Waals surface area (Å²) in [5.41, 5.74) is 1.78. The first kappa shape index (κ1) is 15.5. The van der Waals surface area contributed by atoms with E-state index in [0.717, 1.165) is 24.1 Å². The van der Waals surface area contributed by atoms with Crippen molar-refractivity contribution in [3.63, 3.8) is 0 Å². The molecule has 3 nitrogen and oxygen atoms in total. The Hall–Kier alpha value is -1.90. The fourth-order valence-corrected chi connectivity index (χ4v) is 2.65. The highest BCUT2D eigenvalue weighted by Crippen LogP contribution is 2.17. The molecule has 0 aliphatic heterocycles. The van der Waals surface area contributed by atoms with Gasteiger partial charge in [-0.15, -0.1) is 0 Å². The second-order valence-electron chi connectivity index (χ2n) is 5.59. The van der Waals surface area contributed by atoms with Crippen molar-refractivity contribution in [2.45, 2.75) is 46.1 Å². The van der Waals surface area contributed by atoms with Crippen molar-refractivity contribution in [1.29, 1.82) is 0 Å². The van der Waals surface area contributed by atoms with Gasteiger partial charge in [0.2, 0.25) is 0 Å². The molecule has 112 valence electrons. The second kappa shape index (κ2) is 7.21. The lowest BCUT2D eigenvalue weighted by Gasteiger charge is -2.13. The normalized spacial score (nSPS) is 12.6. The van der Waals surface area contributed by atoms with Gasteiger partial charge in [-0.25, -0.2) is 0 Å². The van der Waals surface area contributed by atoms with E-state index in [2.05, 4.69) is 18.9 Å². The number of carbonyl (C=O) groups is 1. The van der Waals surface area contributed by atoms with Crippen LogP contribution in [0.25, 0.3) is 0 Å². The molecule has 1 aromatic carbocycles. The Bertz CT molecular complexity index is 570. The standard InChI is InChI=1S/C18H24N2O/c1-4-17(5-2)20-12-11-16(19-20)13-14(3)18(21)15-9-7-6-8-10-15/h6-12,14,17H,4-5,13H2,1-3H3. The number of nitrogens with zero attached hydrogens (tertiary/aromatic N) is 2. The van der Waals surface area contributed by atoms with Gasteiger partial charge in [-0.3, -0.25) is 9.48 Å². The number of ketones is 1. The maximum Gasteiger partial charge on any atom is 0.166 e. The zero-order valence-corrected chi connectivity index (χ0v) is 13.1. The van der Waals surface area contributed by atoms with Gasteiger partial charge < -0.3 is 0 Å². The van der Waals surface area contributed by atoms with Crippen molar-refractivity contribution in [3.05, 3.63) is 53.9 Å². The fourth-order valence-electron chi connectivity index (χ4n) is 2.65. The van der Waals surface area contributed by atoms with E-state index in [1.807, 2.05) is 54.2 Å². The lowest BCUT2D eigenvalue weighted by molar-refractivity contribution is 0.0928. The van der Waals surface area contributed by atoms with Crippen LogP contribution in [0.1, 0.15) is 55.7 Å². The van der Waals surface area contributed by atoms with E-state index in [-0.39, 0.29) is 11.7 Å². The first-order chi connectivity index (χ1) is 10.2. The van der Waals surface area contributed by atoms with E-state index in [0.29, 0.717) is 12.5 Å². The molecule has 0 spiro atoms. The van der Waals surface area contributed by atoms with Crippen LogP contribution < -0.4 is 0 Å². The molecule has 2 rings (SSSR count). The molecule has 21 heavy (non-hydrogen) atoms. The number of aromatic nitrogens is 2. The molecule has 0 saturated carbocycles. The molecular formula is C18H24N2O. The molecule has 0 saturated heterocycles. The summed E-state index contributed by atoms with van der Waals surface area (Å²) in [6.07, 6.45) is 4.89. The maximum absolute atomic E-state index is 12.4. The Morgan fingerprint density at radius 1 is 1.14 bits per heavy atom. The summed E-state index contributed by atoms with van der Waals surface area (Å²) in [5.74, 6) is 0.144. The smallest absolute Gasteiger partial charge is 0.166 e. The largest absolute Gasteiger partial charge is 0.294 e. The Morgan fingerprint density at radius 2 is 1.81 bits per heavy atom. The predicted octanol–water partition coefficient (Wildman–Crippen LogP) is 4.31. The highest BCUT2D eigenvalue weighted by atomic mass is 16.1. The van der Waals surface area contributed by atoms with Crippen LogP contribution in [0.15, 0.2) is 42.6 Å². The van der Waals surface area contributed by atoms with Crippen molar-refractivity contribution in [1.82, 2.24) is 9.78 Å². The van der Waals surface area contributed by atoms with E-state index in [1.165, 1.54) is 0 Å². The summed E-state index contributed by atoms with van der Waals surface area (Å²) in [6.45, 7) is 6.33. The van der Waals surface area contributed by atoms with Crippen molar-refractivity contribution >= 4 is 5.78 Å². The summed E-state index contributed by atoms with van der Waals surface area (Å²) < 4.78 is 2.04. The highest BCUT2D eigenvalue weighted by Gasteiger charge is 2.17. The van der Waals surface area contributed by atoms with Crippen LogP contribution in [0, 0.1) is 5.92 Å². The molecule has 0 N–H and O–H groups in total. The van der Waals surface area contributed by atoms with Gasteiger partial charge in [0.05, 0.1) is 11.7 Å². The topological polar surface area (TPSA) is 34.9 Å². The van der Waals surface area contributed by atoms with Gasteiger partial charge in [0.25, 0.3) is 0 Å². The summed E-state index contributed by atoms with van der Waals surface area (Å²) in [5, 5.41) is 4.63. The molecule has 2 aromatic rings. The van der Waals surface area contributed by atoms with Crippen LogP contribution in [0.5, 0.6) is 0 Å². The van der Waals surface area contributed by atoms with Crippen molar-refractivity contribution in [2.75, 3.05) is 0 Å². The molecule has 1 heterocycles. The van der Waals surface area contributed by atoms with Crippen LogP contribution in [0.4, 0.5) is 0 Å². The van der Waals surface area contributed by atoms with Crippen LogP contribution >= 0.6 is 0 Å². The Balaban J connectivity index is 2.03. The summed E-state index contributed by atoms with van der Waals surface area (Å²) in [7, 11) is 0. The molecular weight excluding hydrogens is 260 g/mol. The molecule has 0 bridgehead atoms. The SMILES string of the molecule is CCC(CC)n1ccc(CC(C)C(=O)c2ccccc2)n1. The Morgan fingerprint density at radius 3 is 2.43 bits per heavy atom. The van der Waals surface area contributed by atoms with Gasteiger partial charge in [0.1, 0.15) is 0 Å². The van der Waals surface area contributed by atoms with Crippen LogP contribution in [0.3, 0.4) is 0 Å². The lowest BCUT2D eigenvalue weighted by atomic mass is 9.95. The Labute approximate surface area is 127 Å². The number of hydrogen-bond donors (Lipinski definition) is 0. The predicted molar refractivity (Wildman–Crippen MR) is 85.5 cm³/mol. The zero-order chi connectivity index (χ0) is 15.2. The van der Waals surface area contributed by atoms with Crippen LogP contribution in [-0.4, -0.2) is 15.6 Å². The fraction of sp³-hybridized carbons (Fsp3) is 0.444. The van der Waals surface area contributed by atoms with Gasteiger partial charge in [0.15, 0.2) is 5.78 Å². The van der Waals surface area contributed by atoms with Gasteiger partial charge in [-0.1, -0.05) is 51.1 Å². The third-order valence-electron chi connectivity index (χ3n) is 4.00. The minimum Gasteiger partial charge on any atom is -0.294 e. The average Bonchev–Trinajstić information content (AvgIpc) is 2.97. The zero-order valence-electron chi connectivity index (χ0n) is 13.1. The van der Waals surface area contributed by atoms with Crippen molar-refractivity contribution in [3.8, 4) is 0 Å². The molecule has 1 unspecified atom stereocenters. The van der Waals surface area contributed by atoms with Crippen LogP contribution in [-0.2, 0) is 6.42 Å².